The van der Waals surface area contributed by atoms with Crippen LogP contribution in [0.5, 0.6) is 0 Å². The first-order valence-corrected chi connectivity index (χ1v) is 6.55. The predicted octanol–water partition coefficient (Wildman–Crippen LogP) is 1.97. The molecule has 0 fully saturated rings. The van der Waals surface area contributed by atoms with Gasteiger partial charge in [-0.15, -0.1) is 18.2 Å². The Morgan fingerprint density at radius 3 is 2.75 bits per heavy atom. The summed E-state index contributed by atoms with van der Waals surface area (Å²) < 4.78 is 26.8. The first-order chi connectivity index (χ1) is 9.47. The van der Waals surface area contributed by atoms with Crippen molar-refractivity contribution in [2.75, 3.05) is 18.1 Å². The molecule has 0 aromatic heterocycles. The second-order valence-corrected chi connectivity index (χ2v) is 4.66. The Balaban J connectivity index is 2.72. The summed E-state index contributed by atoms with van der Waals surface area (Å²) in [7, 11) is 0. The molecule has 0 aliphatic rings. The predicted molar refractivity (Wildman–Crippen MR) is 71.5 cm³/mol. The lowest BCUT2D eigenvalue weighted by Gasteiger charge is -2.06. The molecule has 1 rings (SSSR count). The van der Waals surface area contributed by atoms with Crippen LogP contribution in [-0.4, -0.2) is 28.9 Å². The molecule has 0 heterocycles. The van der Waals surface area contributed by atoms with E-state index in [9.17, 15) is 23.7 Å². The lowest BCUT2D eigenvalue weighted by atomic mass is 10.1. The van der Waals surface area contributed by atoms with Gasteiger partial charge < -0.3 is 5.32 Å². The molecule has 0 unspecified atom stereocenters. The van der Waals surface area contributed by atoms with Gasteiger partial charge in [-0.05, 0) is 6.07 Å². The van der Waals surface area contributed by atoms with E-state index >= 15 is 0 Å². The quantitative estimate of drug-likeness (QED) is 0.377. The zero-order valence-electron chi connectivity index (χ0n) is 10.2. The minimum absolute atomic E-state index is 0.225. The number of thioether (sulfide) groups is 1. The Morgan fingerprint density at radius 2 is 2.15 bits per heavy atom. The number of amides is 1. The lowest BCUT2D eigenvalue weighted by Crippen LogP contribution is -2.27. The fraction of sp³-hybridized carbons (Fsp3) is 0.250. The number of carbonyl (C=O) groups excluding carboxylic acids is 1. The minimum Gasteiger partial charge on any atom is -0.351 e. The molecular weight excluding hydrogens is 290 g/mol. The van der Waals surface area contributed by atoms with Crippen LogP contribution in [0, 0.1) is 34.1 Å². The Labute approximate surface area is 117 Å². The van der Waals surface area contributed by atoms with Crippen molar-refractivity contribution in [2.45, 2.75) is 0 Å². The number of rotatable bonds is 6. The number of nitrogens with zero attached hydrogens (tertiary/aromatic N) is 1. The van der Waals surface area contributed by atoms with Crippen molar-refractivity contribution in [3.8, 4) is 12.3 Å². The zero-order chi connectivity index (χ0) is 15.1. The highest BCUT2D eigenvalue weighted by atomic mass is 32.2. The van der Waals surface area contributed by atoms with E-state index in [-0.39, 0.29) is 6.54 Å². The number of nitro benzene ring substituents is 1. The maximum atomic E-state index is 13.5. The van der Waals surface area contributed by atoms with Crippen LogP contribution in [-0.2, 0) is 0 Å². The number of halogens is 2. The molecule has 8 heteroatoms. The van der Waals surface area contributed by atoms with Crippen LogP contribution in [0.4, 0.5) is 14.5 Å². The Hall–Kier alpha value is -2.14. The molecule has 0 radical (unpaired) electrons. The standard InChI is InChI=1S/C12H10F2N2O3S/c1-2-4-20-5-3-15-12(17)8-6-10(14)11(16(18)19)7-9(8)13/h1,6-7H,3-5H2,(H,15,17). The molecule has 5 nitrogen and oxygen atoms in total. The topological polar surface area (TPSA) is 72.2 Å². The number of nitro groups is 1. The highest BCUT2D eigenvalue weighted by Gasteiger charge is 2.21. The lowest BCUT2D eigenvalue weighted by molar-refractivity contribution is -0.387. The highest BCUT2D eigenvalue weighted by Crippen LogP contribution is 2.21. The second kappa shape index (κ2) is 7.45. The van der Waals surface area contributed by atoms with Gasteiger partial charge in [-0.25, -0.2) is 4.39 Å². The summed E-state index contributed by atoms with van der Waals surface area (Å²) in [6, 6.07) is 0.898. The van der Waals surface area contributed by atoms with E-state index < -0.39 is 33.7 Å². The number of terminal acetylenes is 1. The Bertz CT molecular complexity index is 573. The SMILES string of the molecule is C#CCSCCNC(=O)c1cc(F)c([N+](=O)[O-])cc1F. The van der Waals surface area contributed by atoms with Crippen molar-refractivity contribution in [3.05, 3.63) is 39.4 Å². The molecule has 0 spiro atoms. The van der Waals surface area contributed by atoms with Crippen LogP contribution >= 0.6 is 11.8 Å². The van der Waals surface area contributed by atoms with Gasteiger partial charge in [-0.2, -0.15) is 4.39 Å². The van der Waals surface area contributed by atoms with Gasteiger partial charge >= 0.3 is 5.69 Å². The fourth-order valence-electron chi connectivity index (χ4n) is 1.31. The number of nitrogens with one attached hydrogen (secondary N) is 1. The maximum Gasteiger partial charge on any atom is 0.307 e. The van der Waals surface area contributed by atoms with Crippen LogP contribution in [0.25, 0.3) is 0 Å². The van der Waals surface area contributed by atoms with E-state index in [4.69, 9.17) is 6.42 Å². The van der Waals surface area contributed by atoms with E-state index in [0.717, 1.165) is 0 Å². The molecule has 106 valence electrons. The number of hydrogen-bond donors (Lipinski definition) is 1. The summed E-state index contributed by atoms with van der Waals surface area (Å²) in [4.78, 5) is 20.9. The van der Waals surface area contributed by atoms with Gasteiger partial charge in [0.1, 0.15) is 5.82 Å². The summed E-state index contributed by atoms with van der Waals surface area (Å²) in [6.45, 7) is 0.225. The van der Waals surface area contributed by atoms with Crippen LogP contribution in [0.1, 0.15) is 10.4 Å². The summed E-state index contributed by atoms with van der Waals surface area (Å²) in [6.07, 6.45) is 5.03. The number of hydrogen-bond acceptors (Lipinski definition) is 4. The molecule has 0 saturated heterocycles. The van der Waals surface area contributed by atoms with Crippen LogP contribution < -0.4 is 5.32 Å². The van der Waals surface area contributed by atoms with Crippen molar-refractivity contribution in [1.82, 2.24) is 5.32 Å². The average molecular weight is 300 g/mol. The molecule has 0 atom stereocenters. The van der Waals surface area contributed by atoms with Crippen LogP contribution in [0.3, 0.4) is 0 Å². The third kappa shape index (κ3) is 4.20. The average Bonchev–Trinajstić information content (AvgIpc) is 2.40. The minimum atomic E-state index is -1.26. The smallest absolute Gasteiger partial charge is 0.307 e. The van der Waals surface area contributed by atoms with Crippen molar-refractivity contribution < 1.29 is 18.5 Å². The highest BCUT2D eigenvalue weighted by molar-refractivity contribution is 7.99. The summed E-state index contributed by atoms with van der Waals surface area (Å²) in [5.74, 6) is 0.158. The molecule has 0 aliphatic carbocycles. The van der Waals surface area contributed by atoms with Gasteiger partial charge in [-0.3, -0.25) is 14.9 Å². The van der Waals surface area contributed by atoms with Gasteiger partial charge in [0, 0.05) is 12.3 Å². The molecule has 1 amide bonds. The molecule has 0 saturated carbocycles. The van der Waals surface area contributed by atoms with Crippen molar-refractivity contribution in [2.24, 2.45) is 0 Å². The van der Waals surface area contributed by atoms with Gasteiger partial charge in [0.15, 0.2) is 0 Å². The Kier molecular flexibility index (Phi) is 5.93. The molecule has 20 heavy (non-hydrogen) atoms. The summed E-state index contributed by atoms with van der Waals surface area (Å²) in [5, 5.41) is 12.8. The summed E-state index contributed by atoms with van der Waals surface area (Å²) in [5.41, 5.74) is -1.58. The molecule has 1 aromatic rings. The van der Waals surface area contributed by atoms with Gasteiger partial charge in [-0.1, -0.05) is 5.92 Å². The van der Waals surface area contributed by atoms with Crippen LogP contribution in [0.2, 0.25) is 0 Å². The number of carbonyl (C=O) groups is 1. The molecular formula is C12H10F2N2O3S. The van der Waals surface area contributed by atoms with Gasteiger partial charge in [0.2, 0.25) is 5.82 Å². The largest absolute Gasteiger partial charge is 0.351 e. The Morgan fingerprint density at radius 1 is 1.45 bits per heavy atom. The second-order valence-electron chi connectivity index (χ2n) is 3.55. The number of benzene rings is 1. The van der Waals surface area contributed by atoms with E-state index in [1.165, 1.54) is 11.8 Å². The van der Waals surface area contributed by atoms with Gasteiger partial charge in [0.05, 0.1) is 22.3 Å². The first kappa shape index (κ1) is 15.9. The van der Waals surface area contributed by atoms with E-state index in [1.807, 2.05) is 0 Å². The third-order valence-corrected chi connectivity index (χ3v) is 3.06. The van der Waals surface area contributed by atoms with Crippen molar-refractivity contribution in [3.63, 3.8) is 0 Å². The molecule has 1 N–H and O–H groups in total. The van der Waals surface area contributed by atoms with Crippen LogP contribution in [0.15, 0.2) is 12.1 Å². The normalized spacial score (nSPS) is 9.85. The molecule has 0 aliphatic heterocycles. The maximum absolute atomic E-state index is 13.5. The summed E-state index contributed by atoms with van der Waals surface area (Å²) >= 11 is 1.40. The van der Waals surface area contributed by atoms with Crippen molar-refractivity contribution >= 4 is 23.4 Å². The third-order valence-electron chi connectivity index (χ3n) is 2.20. The monoisotopic (exact) mass is 300 g/mol. The zero-order valence-corrected chi connectivity index (χ0v) is 11.0. The van der Waals surface area contributed by atoms with E-state index in [2.05, 4.69) is 11.2 Å². The fourth-order valence-corrected chi connectivity index (χ4v) is 1.82. The van der Waals surface area contributed by atoms with Crippen molar-refractivity contribution in [1.29, 1.82) is 0 Å². The molecule has 0 bridgehead atoms. The first-order valence-electron chi connectivity index (χ1n) is 5.40. The molecule has 1 aromatic carbocycles. The van der Waals surface area contributed by atoms with E-state index in [0.29, 0.717) is 23.6 Å². The van der Waals surface area contributed by atoms with Gasteiger partial charge in [0.25, 0.3) is 5.91 Å². The van der Waals surface area contributed by atoms with E-state index in [1.54, 1.807) is 0 Å².